The van der Waals surface area contributed by atoms with E-state index in [0.717, 1.165) is 25.0 Å². The first-order valence-corrected chi connectivity index (χ1v) is 8.47. The first kappa shape index (κ1) is 12.6. The van der Waals surface area contributed by atoms with Gasteiger partial charge >= 0.3 is 0 Å². The minimum Gasteiger partial charge on any atom is -0.377 e. The van der Waals surface area contributed by atoms with E-state index >= 15 is 0 Å². The number of hydrogen-bond donors (Lipinski definition) is 1. The molecule has 0 aromatic carbocycles. The Kier molecular flexibility index (Phi) is 2.97. The molecule has 0 spiro atoms. The molecule has 3 atom stereocenters. The average Bonchev–Trinajstić information content (AvgIpc) is 2.78. The second-order valence-corrected chi connectivity index (χ2v) is 8.54. The van der Waals surface area contributed by atoms with E-state index in [9.17, 15) is 0 Å². The number of hydrogen-bond acceptors (Lipinski definition) is 2. The Balaban J connectivity index is 1.37. The third-order valence-corrected chi connectivity index (χ3v) is 6.37. The van der Waals surface area contributed by atoms with Crippen LogP contribution in [0.15, 0.2) is 0 Å². The molecular formula is C17H29NO. The van der Waals surface area contributed by atoms with Gasteiger partial charge in [0.2, 0.25) is 0 Å². The van der Waals surface area contributed by atoms with Crippen molar-refractivity contribution in [1.82, 2.24) is 5.32 Å². The molecular weight excluding hydrogens is 234 g/mol. The Labute approximate surface area is 117 Å². The quantitative estimate of drug-likeness (QED) is 0.840. The maximum atomic E-state index is 5.73. The number of rotatable bonds is 4. The van der Waals surface area contributed by atoms with Gasteiger partial charge in [0, 0.05) is 19.7 Å². The summed E-state index contributed by atoms with van der Waals surface area (Å²) in [6, 6.07) is 0. The van der Waals surface area contributed by atoms with Crippen LogP contribution < -0.4 is 5.32 Å². The minimum atomic E-state index is 0.504. The standard InChI is InChI=1S/C17H29NO/c1-16-6-13-5-14(7-16)9-17(8-13,11-16)12-18-10-15-3-2-4-19-15/h13-15,18H,2-12H2,1H3. The fourth-order valence-electron chi connectivity index (χ4n) is 6.44. The molecule has 19 heavy (non-hydrogen) atoms. The second-order valence-electron chi connectivity index (χ2n) is 8.54. The summed E-state index contributed by atoms with van der Waals surface area (Å²) in [7, 11) is 0. The smallest absolute Gasteiger partial charge is 0.0700 e. The fourth-order valence-corrected chi connectivity index (χ4v) is 6.44. The molecule has 0 aromatic rings. The van der Waals surface area contributed by atoms with E-state index in [1.54, 1.807) is 6.42 Å². The highest BCUT2D eigenvalue weighted by Gasteiger charge is 2.55. The summed E-state index contributed by atoms with van der Waals surface area (Å²) in [5.74, 6) is 2.10. The molecule has 2 nitrogen and oxygen atoms in total. The van der Waals surface area contributed by atoms with Gasteiger partial charge in [-0.15, -0.1) is 0 Å². The highest BCUT2D eigenvalue weighted by atomic mass is 16.5. The topological polar surface area (TPSA) is 21.3 Å². The molecule has 1 saturated heterocycles. The predicted octanol–water partition coefficient (Wildman–Crippen LogP) is 3.36. The summed E-state index contributed by atoms with van der Waals surface area (Å²) in [4.78, 5) is 0. The van der Waals surface area contributed by atoms with Crippen molar-refractivity contribution < 1.29 is 4.74 Å². The summed E-state index contributed by atoms with van der Waals surface area (Å²) in [6.45, 7) is 5.91. The summed E-state index contributed by atoms with van der Waals surface area (Å²) < 4.78 is 5.73. The van der Waals surface area contributed by atoms with Gasteiger partial charge in [-0.3, -0.25) is 0 Å². The highest BCUT2D eigenvalue weighted by Crippen LogP contribution is 2.64. The summed E-state index contributed by atoms with van der Waals surface area (Å²) in [5, 5.41) is 3.78. The van der Waals surface area contributed by atoms with Crippen LogP contribution in [0.5, 0.6) is 0 Å². The lowest BCUT2D eigenvalue weighted by Gasteiger charge is -2.61. The molecule has 1 N–H and O–H groups in total. The van der Waals surface area contributed by atoms with Gasteiger partial charge in [-0.1, -0.05) is 6.92 Å². The van der Waals surface area contributed by atoms with E-state index < -0.39 is 0 Å². The van der Waals surface area contributed by atoms with Crippen molar-refractivity contribution in [3.63, 3.8) is 0 Å². The highest BCUT2D eigenvalue weighted by molar-refractivity contribution is 5.06. The number of ether oxygens (including phenoxy) is 1. The summed E-state index contributed by atoms with van der Waals surface area (Å²) in [6.07, 6.45) is 12.1. The van der Waals surface area contributed by atoms with Crippen LogP contribution in [0, 0.1) is 22.7 Å². The van der Waals surface area contributed by atoms with Crippen LogP contribution in [0.2, 0.25) is 0 Å². The molecule has 1 heterocycles. The van der Waals surface area contributed by atoms with Gasteiger partial charge in [0.1, 0.15) is 0 Å². The minimum absolute atomic E-state index is 0.504. The molecule has 4 bridgehead atoms. The van der Waals surface area contributed by atoms with Gasteiger partial charge in [-0.2, -0.15) is 0 Å². The monoisotopic (exact) mass is 263 g/mol. The van der Waals surface area contributed by atoms with Gasteiger partial charge in [0.25, 0.3) is 0 Å². The van der Waals surface area contributed by atoms with E-state index in [-0.39, 0.29) is 0 Å². The van der Waals surface area contributed by atoms with E-state index in [2.05, 4.69) is 12.2 Å². The van der Waals surface area contributed by atoms with Crippen molar-refractivity contribution in [3.05, 3.63) is 0 Å². The molecule has 0 radical (unpaired) electrons. The molecule has 0 amide bonds. The van der Waals surface area contributed by atoms with Crippen LogP contribution in [-0.2, 0) is 4.74 Å². The first-order valence-electron chi connectivity index (χ1n) is 8.47. The van der Waals surface area contributed by atoms with E-state index in [4.69, 9.17) is 4.74 Å². The molecule has 5 rings (SSSR count). The van der Waals surface area contributed by atoms with E-state index in [0.29, 0.717) is 16.9 Å². The first-order chi connectivity index (χ1) is 9.15. The average molecular weight is 263 g/mol. The van der Waals surface area contributed by atoms with Crippen molar-refractivity contribution in [2.24, 2.45) is 22.7 Å². The van der Waals surface area contributed by atoms with E-state index in [1.165, 1.54) is 51.5 Å². The normalized spacial score (nSPS) is 51.9. The van der Waals surface area contributed by atoms with Crippen LogP contribution in [0.25, 0.3) is 0 Å². The maximum absolute atomic E-state index is 5.73. The van der Waals surface area contributed by atoms with Crippen molar-refractivity contribution in [1.29, 1.82) is 0 Å². The lowest BCUT2D eigenvalue weighted by molar-refractivity contribution is -0.100. The Morgan fingerprint density at radius 2 is 1.95 bits per heavy atom. The number of nitrogens with one attached hydrogen (secondary N) is 1. The third kappa shape index (κ3) is 2.35. The third-order valence-electron chi connectivity index (χ3n) is 6.37. The SMILES string of the molecule is CC12CC3CC(C1)CC(CNCC1CCCO1)(C3)C2. The molecule has 5 fully saturated rings. The molecule has 4 aliphatic carbocycles. The summed E-state index contributed by atoms with van der Waals surface area (Å²) >= 11 is 0. The van der Waals surface area contributed by atoms with Crippen molar-refractivity contribution in [2.45, 2.75) is 64.4 Å². The van der Waals surface area contributed by atoms with Gasteiger partial charge in [0.05, 0.1) is 6.10 Å². The van der Waals surface area contributed by atoms with Crippen LogP contribution in [0.3, 0.4) is 0 Å². The molecule has 1 aliphatic heterocycles. The lowest BCUT2D eigenvalue weighted by Crippen LogP contribution is -2.54. The Hall–Kier alpha value is -0.0800. The molecule has 0 aromatic heterocycles. The largest absolute Gasteiger partial charge is 0.377 e. The fraction of sp³-hybridized carbons (Fsp3) is 1.00. The maximum Gasteiger partial charge on any atom is 0.0700 e. The van der Waals surface area contributed by atoms with Crippen LogP contribution in [0.1, 0.15) is 58.3 Å². The Morgan fingerprint density at radius 3 is 2.58 bits per heavy atom. The second kappa shape index (κ2) is 4.46. The van der Waals surface area contributed by atoms with Gasteiger partial charge < -0.3 is 10.1 Å². The van der Waals surface area contributed by atoms with Crippen LogP contribution in [-0.4, -0.2) is 25.8 Å². The van der Waals surface area contributed by atoms with Crippen LogP contribution >= 0.6 is 0 Å². The van der Waals surface area contributed by atoms with Gasteiger partial charge in [-0.25, -0.2) is 0 Å². The predicted molar refractivity (Wildman–Crippen MR) is 77.1 cm³/mol. The zero-order chi connectivity index (χ0) is 12.9. The van der Waals surface area contributed by atoms with Crippen molar-refractivity contribution in [2.75, 3.05) is 19.7 Å². The summed E-state index contributed by atoms with van der Waals surface area (Å²) in [5.41, 5.74) is 1.34. The zero-order valence-electron chi connectivity index (χ0n) is 12.4. The molecule has 5 aliphatic rings. The zero-order valence-corrected chi connectivity index (χ0v) is 12.4. The Morgan fingerprint density at radius 1 is 1.16 bits per heavy atom. The van der Waals surface area contributed by atoms with Gasteiger partial charge in [0.15, 0.2) is 0 Å². The molecule has 2 heteroatoms. The van der Waals surface area contributed by atoms with Crippen molar-refractivity contribution >= 4 is 0 Å². The molecule has 108 valence electrons. The van der Waals surface area contributed by atoms with Crippen LogP contribution in [0.4, 0.5) is 0 Å². The van der Waals surface area contributed by atoms with E-state index in [1.807, 2.05) is 0 Å². The van der Waals surface area contributed by atoms with Gasteiger partial charge in [-0.05, 0) is 74.0 Å². The van der Waals surface area contributed by atoms with Crippen molar-refractivity contribution in [3.8, 4) is 0 Å². The lowest BCUT2D eigenvalue weighted by atomic mass is 9.44. The molecule has 3 unspecified atom stereocenters. The Bertz CT molecular complexity index is 333. The molecule has 4 saturated carbocycles.